The van der Waals surface area contributed by atoms with Crippen LogP contribution in [0.4, 0.5) is 27.8 Å². The van der Waals surface area contributed by atoms with Crippen LogP contribution in [0.25, 0.3) is 33.5 Å². The Kier molecular flexibility index (Phi) is 5.86. The molecule has 0 spiro atoms. The van der Waals surface area contributed by atoms with Crippen LogP contribution in [-0.4, -0.2) is 32.2 Å². The van der Waals surface area contributed by atoms with Crippen LogP contribution in [0.5, 0.6) is 0 Å². The summed E-state index contributed by atoms with van der Waals surface area (Å²) in [5, 5.41) is 7.12. The van der Waals surface area contributed by atoms with Crippen molar-refractivity contribution in [2.45, 2.75) is 6.18 Å². The van der Waals surface area contributed by atoms with Gasteiger partial charge in [0.05, 0.1) is 16.6 Å². The van der Waals surface area contributed by atoms with Crippen LogP contribution in [0.2, 0.25) is 0 Å². The molecule has 0 aliphatic rings. The quantitative estimate of drug-likeness (QED) is 0.392. The average molecular weight is 436 g/mol. The Morgan fingerprint density at radius 2 is 1.68 bits per heavy atom. The summed E-state index contributed by atoms with van der Waals surface area (Å²) >= 11 is 0. The molecule has 0 bridgehead atoms. The molecule has 2 aromatic carbocycles. The maximum Gasteiger partial charge on any atom is 0.490 e. The van der Waals surface area contributed by atoms with Gasteiger partial charge in [0.1, 0.15) is 23.3 Å². The zero-order chi connectivity index (χ0) is 22.8. The fraction of sp³-hybridized carbons (Fsp3) is 0.0500. The molecule has 2 heterocycles. The number of fused-ring (bicyclic) bond motifs is 1. The second-order valence-corrected chi connectivity index (χ2v) is 6.22. The number of hydrogen-bond donors (Lipinski definition) is 3. The van der Waals surface area contributed by atoms with Gasteiger partial charge in [-0.3, -0.25) is 0 Å². The van der Waals surface area contributed by atoms with Crippen molar-refractivity contribution in [1.29, 1.82) is 0 Å². The van der Waals surface area contributed by atoms with E-state index in [1.165, 1.54) is 24.3 Å². The van der Waals surface area contributed by atoms with Gasteiger partial charge in [0.25, 0.3) is 0 Å². The van der Waals surface area contributed by atoms with Gasteiger partial charge in [-0.05, 0) is 42.0 Å². The summed E-state index contributed by atoms with van der Waals surface area (Å²) in [4.78, 5) is 20.5. The van der Waals surface area contributed by atoms with E-state index < -0.39 is 12.1 Å². The molecule has 0 saturated carbocycles. The summed E-state index contributed by atoms with van der Waals surface area (Å²) < 4.78 is 58.5. The molecular weight excluding hydrogens is 423 g/mol. The van der Waals surface area contributed by atoms with Crippen LogP contribution >= 0.6 is 0 Å². The Morgan fingerprint density at radius 3 is 2.32 bits per heavy atom. The summed E-state index contributed by atoms with van der Waals surface area (Å²) in [5.41, 5.74) is 9.14. The Morgan fingerprint density at radius 1 is 1.00 bits per heavy atom. The SMILES string of the molecule is Nc1ncc(-c2cccc(F)c2)cc1-c1nc2ccc(F)cc2[nH]1.O=C(O)C(F)(F)F. The monoisotopic (exact) mass is 436 g/mol. The summed E-state index contributed by atoms with van der Waals surface area (Å²) in [7, 11) is 0. The highest BCUT2D eigenvalue weighted by Gasteiger charge is 2.38. The van der Waals surface area contributed by atoms with Gasteiger partial charge in [0, 0.05) is 11.8 Å². The topological polar surface area (TPSA) is 105 Å². The fourth-order valence-electron chi connectivity index (χ4n) is 2.60. The largest absolute Gasteiger partial charge is 0.490 e. The predicted molar refractivity (Wildman–Crippen MR) is 103 cm³/mol. The van der Waals surface area contributed by atoms with Crippen LogP contribution in [0.15, 0.2) is 54.7 Å². The number of aliphatic carboxylic acids is 1. The molecule has 0 saturated heterocycles. The molecular formula is C20H13F5N4O2. The van der Waals surface area contributed by atoms with Gasteiger partial charge in [0.2, 0.25) is 0 Å². The van der Waals surface area contributed by atoms with Crippen molar-refractivity contribution >= 4 is 22.8 Å². The lowest BCUT2D eigenvalue weighted by molar-refractivity contribution is -0.192. The van der Waals surface area contributed by atoms with Crippen molar-refractivity contribution in [3.63, 3.8) is 0 Å². The highest BCUT2D eigenvalue weighted by atomic mass is 19.4. The lowest BCUT2D eigenvalue weighted by Gasteiger charge is -2.06. The van der Waals surface area contributed by atoms with Gasteiger partial charge >= 0.3 is 12.1 Å². The summed E-state index contributed by atoms with van der Waals surface area (Å²) in [6, 6.07) is 12.3. The number of benzene rings is 2. The number of nitrogens with two attached hydrogens (primary N) is 1. The maximum atomic E-state index is 13.4. The minimum Gasteiger partial charge on any atom is -0.475 e. The van der Waals surface area contributed by atoms with Crippen molar-refractivity contribution < 1.29 is 31.9 Å². The van der Waals surface area contributed by atoms with Crippen molar-refractivity contribution in [3.8, 4) is 22.5 Å². The third-order valence-electron chi connectivity index (χ3n) is 4.02. The van der Waals surface area contributed by atoms with Crippen molar-refractivity contribution in [2.24, 2.45) is 0 Å². The van der Waals surface area contributed by atoms with Crippen LogP contribution in [-0.2, 0) is 4.79 Å². The first-order chi connectivity index (χ1) is 14.5. The number of nitrogens with zero attached hydrogens (tertiary/aromatic N) is 2. The third-order valence-corrected chi connectivity index (χ3v) is 4.02. The number of rotatable bonds is 2. The number of nitrogen functional groups attached to an aromatic ring is 1. The zero-order valence-corrected chi connectivity index (χ0v) is 15.4. The fourth-order valence-corrected chi connectivity index (χ4v) is 2.60. The first-order valence-electron chi connectivity index (χ1n) is 8.52. The molecule has 0 aliphatic carbocycles. The van der Waals surface area contributed by atoms with Crippen LogP contribution in [0.1, 0.15) is 0 Å². The molecule has 160 valence electrons. The van der Waals surface area contributed by atoms with Crippen molar-refractivity contribution in [1.82, 2.24) is 15.0 Å². The number of carbonyl (C=O) groups is 1. The van der Waals surface area contributed by atoms with Gasteiger partial charge in [-0.2, -0.15) is 13.2 Å². The van der Waals surface area contributed by atoms with Crippen molar-refractivity contribution in [2.75, 3.05) is 5.73 Å². The Hall–Kier alpha value is -4.02. The first-order valence-corrected chi connectivity index (χ1v) is 8.52. The second kappa shape index (κ2) is 8.38. The standard InChI is InChI=1S/C18H12F2N4.C2HF3O2/c19-12-3-1-2-10(6-12)11-7-14(17(21)22-9-11)18-23-15-5-4-13(20)8-16(15)24-18;3-2(4,5)1(6)7/h1-9H,(H2,21,22)(H,23,24);(H,6,7). The number of nitrogens with one attached hydrogen (secondary N) is 1. The molecule has 4 aromatic rings. The predicted octanol–water partition coefficient (Wildman–Crippen LogP) is 4.79. The molecule has 0 aliphatic heterocycles. The maximum absolute atomic E-state index is 13.4. The minimum absolute atomic E-state index is 0.287. The van der Waals surface area contributed by atoms with E-state index in [2.05, 4.69) is 15.0 Å². The van der Waals surface area contributed by atoms with E-state index >= 15 is 0 Å². The molecule has 0 radical (unpaired) electrons. The number of carboxylic acid groups (broad SMARTS) is 1. The number of carboxylic acids is 1. The Labute approximate surface area is 171 Å². The van der Waals surface area contributed by atoms with E-state index in [-0.39, 0.29) is 17.5 Å². The molecule has 0 unspecified atom stereocenters. The van der Waals surface area contributed by atoms with Gasteiger partial charge in [-0.25, -0.2) is 23.5 Å². The normalized spacial score (nSPS) is 11.1. The lowest BCUT2D eigenvalue weighted by Crippen LogP contribution is -2.21. The molecule has 0 atom stereocenters. The summed E-state index contributed by atoms with van der Waals surface area (Å²) in [6.07, 6.45) is -3.50. The number of anilines is 1. The minimum atomic E-state index is -5.08. The Bertz CT molecular complexity index is 1250. The first kappa shape index (κ1) is 21.7. The third kappa shape index (κ3) is 5.13. The van der Waals surface area contributed by atoms with E-state index in [1.807, 2.05) is 0 Å². The number of H-pyrrole nitrogens is 1. The van der Waals surface area contributed by atoms with Gasteiger partial charge in [-0.15, -0.1) is 0 Å². The summed E-state index contributed by atoms with van der Waals surface area (Å²) in [6.45, 7) is 0. The number of alkyl halides is 3. The highest BCUT2D eigenvalue weighted by molar-refractivity contribution is 5.83. The number of hydrogen-bond acceptors (Lipinski definition) is 4. The number of aromatic nitrogens is 3. The molecule has 2 aromatic heterocycles. The van der Waals surface area contributed by atoms with E-state index in [0.717, 1.165) is 0 Å². The van der Waals surface area contributed by atoms with Crippen molar-refractivity contribution in [3.05, 3.63) is 66.4 Å². The van der Waals surface area contributed by atoms with Gasteiger partial charge in [0.15, 0.2) is 0 Å². The van der Waals surface area contributed by atoms with Crippen LogP contribution in [0, 0.1) is 11.6 Å². The number of aromatic amines is 1. The van der Waals surface area contributed by atoms with Crippen LogP contribution < -0.4 is 5.73 Å². The second-order valence-electron chi connectivity index (χ2n) is 6.22. The number of imidazole rings is 1. The van der Waals surface area contributed by atoms with Gasteiger partial charge in [-0.1, -0.05) is 12.1 Å². The van der Waals surface area contributed by atoms with E-state index in [1.54, 1.807) is 30.5 Å². The lowest BCUT2D eigenvalue weighted by atomic mass is 10.1. The number of halogens is 5. The molecule has 31 heavy (non-hydrogen) atoms. The number of pyridine rings is 1. The van der Waals surface area contributed by atoms with E-state index in [4.69, 9.17) is 15.6 Å². The molecule has 0 amide bonds. The smallest absolute Gasteiger partial charge is 0.475 e. The Balaban J connectivity index is 0.000000339. The van der Waals surface area contributed by atoms with Crippen LogP contribution in [0.3, 0.4) is 0 Å². The molecule has 11 heteroatoms. The molecule has 4 N–H and O–H groups in total. The highest BCUT2D eigenvalue weighted by Crippen LogP contribution is 2.29. The van der Waals surface area contributed by atoms with E-state index in [9.17, 15) is 22.0 Å². The molecule has 0 fully saturated rings. The van der Waals surface area contributed by atoms with E-state index in [0.29, 0.717) is 33.5 Å². The average Bonchev–Trinajstić information content (AvgIpc) is 3.11. The van der Waals surface area contributed by atoms with Gasteiger partial charge < -0.3 is 15.8 Å². The molecule has 4 rings (SSSR count). The zero-order valence-electron chi connectivity index (χ0n) is 15.4. The summed E-state index contributed by atoms with van der Waals surface area (Å²) in [5.74, 6) is -2.66. The molecule has 6 nitrogen and oxygen atoms in total.